The minimum Gasteiger partial charge on any atom is -0.410 e. The number of hydrogen-bond donors (Lipinski definition) is 0. The van der Waals surface area contributed by atoms with E-state index in [4.69, 9.17) is 9.26 Å². The lowest BCUT2D eigenvalue weighted by Crippen LogP contribution is -2.32. The standard InChI is InChI=1S/C15H16N2O3/c1-11-10-14(20-16-11)13-8-5-9-17(13)15(18)19-12-6-3-2-4-7-12/h2-4,6-7,10,13H,5,8-9H2,1H3. The molecule has 1 amide bonds. The Morgan fingerprint density at radius 3 is 2.90 bits per heavy atom. The average molecular weight is 272 g/mol. The maximum Gasteiger partial charge on any atom is 0.415 e. The molecule has 20 heavy (non-hydrogen) atoms. The van der Waals surface area contributed by atoms with E-state index in [0.29, 0.717) is 12.3 Å². The third-order valence-electron chi connectivity index (χ3n) is 3.41. The molecule has 5 nitrogen and oxygen atoms in total. The Kier molecular flexibility index (Phi) is 3.41. The normalized spacial score (nSPS) is 18.2. The zero-order valence-electron chi connectivity index (χ0n) is 11.3. The van der Waals surface area contributed by atoms with Gasteiger partial charge in [0.2, 0.25) is 0 Å². The van der Waals surface area contributed by atoms with Crippen LogP contribution in [0.2, 0.25) is 0 Å². The highest BCUT2D eigenvalue weighted by Gasteiger charge is 2.33. The van der Waals surface area contributed by atoms with Gasteiger partial charge in [0.05, 0.1) is 11.7 Å². The minimum absolute atomic E-state index is 0.0765. The van der Waals surface area contributed by atoms with Crippen LogP contribution in [0.15, 0.2) is 40.9 Å². The summed E-state index contributed by atoms with van der Waals surface area (Å²) >= 11 is 0. The topological polar surface area (TPSA) is 55.6 Å². The van der Waals surface area contributed by atoms with Crippen LogP contribution < -0.4 is 4.74 Å². The number of amides is 1. The van der Waals surface area contributed by atoms with Crippen molar-refractivity contribution < 1.29 is 14.1 Å². The summed E-state index contributed by atoms with van der Waals surface area (Å²) in [6.45, 7) is 2.55. The fraction of sp³-hybridized carbons (Fsp3) is 0.333. The maximum atomic E-state index is 12.2. The predicted molar refractivity (Wildman–Crippen MR) is 72.4 cm³/mol. The van der Waals surface area contributed by atoms with Crippen molar-refractivity contribution in [2.45, 2.75) is 25.8 Å². The lowest BCUT2D eigenvalue weighted by Gasteiger charge is -2.21. The van der Waals surface area contributed by atoms with E-state index in [0.717, 1.165) is 24.3 Å². The molecule has 0 aliphatic carbocycles. The Bertz CT molecular complexity index is 594. The van der Waals surface area contributed by atoms with Crippen LogP contribution in [0.4, 0.5) is 4.79 Å². The molecule has 1 aromatic heterocycles. The van der Waals surface area contributed by atoms with Crippen molar-refractivity contribution in [3.8, 4) is 5.75 Å². The monoisotopic (exact) mass is 272 g/mol. The van der Waals surface area contributed by atoms with Gasteiger partial charge >= 0.3 is 6.09 Å². The van der Waals surface area contributed by atoms with Crippen LogP contribution in [0.25, 0.3) is 0 Å². The summed E-state index contributed by atoms with van der Waals surface area (Å²) in [4.78, 5) is 13.9. The molecule has 3 rings (SSSR count). The van der Waals surface area contributed by atoms with E-state index >= 15 is 0 Å². The Hall–Kier alpha value is -2.30. The van der Waals surface area contributed by atoms with E-state index in [1.807, 2.05) is 31.2 Å². The summed E-state index contributed by atoms with van der Waals surface area (Å²) < 4.78 is 10.7. The number of carbonyl (C=O) groups is 1. The van der Waals surface area contributed by atoms with Crippen LogP contribution in [0.1, 0.15) is 30.3 Å². The zero-order valence-corrected chi connectivity index (χ0v) is 11.3. The SMILES string of the molecule is Cc1cc(C2CCCN2C(=O)Oc2ccccc2)on1. The molecule has 0 bridgehead atoms. The fourth-order valence-electron chi connectivity index (χ4n) is 2.47. The average Bonchev–Trinajstić information content (AvgIpc) is 3.08. The van der Waals surface area contributed by atoms with Crippen LogP contribution in [0.5, 0.6) is 5.75 Å². The number of aromatic nitrogens is 1. The van der Waals surface area contributed by atoms with Crippen LogP contribution >= 0.6 is 0 Å². The Labute approximate surface area is 117 Å². The van der Waals surface area contributed by atoms with Crippen molar-refractivity contribution in [1.29, 1.82) is 0 Å². The van der Waals surface area contributed by atoms with Gasteiger partial charge in [-0.1, -0.05) is 23.4 Å². The maximum absolute atomic E-state index is 12.2. The molecule has 5 heteroatoms. The van der Waals surface area contributed by atoms with Crippen molar-refractivity contribution in [3.05, 3.63) is 47.9 Å². The van der Waals surface area contributed by atoms with Gasteiger partial charge in [-0.25, -0.2) is 4.79 Å². The lowest BCUT2D eigenvalue weighted by atomic mass is 10.1. The number of carbonyl (C=O) groups excluding carboxylic acids is 1. The number of hydrogen-bond acceptors (Lipinski definition) is 4. The Balaban J connectivity index is 1.73. The van der Waals surface area contributed by atoms with E-state index in [9.17, 15) is 4.79 Å². The first-order valence-electron chi connectivity index (χ1n) is 6.71. The first kappa shape index (κ1) is 12.7. The lowest BCUT2D eigenvalue weighted by molar-refractivity contribution is 0.139. The highest BCUT2D eigenvalue weighted by atomic mass is 16.6. The number of nitrogens with zero attached hydrogens (tertiary/aromatic N) is 2. The molecule has 0 spiro atoms. The van der Waals surface area contributed by atoms with Gasteiger partial charge in [-0.2, -0.15) is 0 Å². The van der Waals surface area contributed by atoms with Crippen LogP contribution in [0, 0.1) is 6.92 Å². The molecule has 0 saturated carbocycles. The van der Waals surface area contributed by atoms with Gasteiger partial charge in [0.1, 0.15) is 5.75 Å². The second kappa shape index (κ2) is 5.36. The smallest absolute Gasteiger partial charge is 0.410 e. The minimum atomic E-state index is -0.340. The predicted octanol–water partition coefficient (Wildman–Crippen LogP) is 3.32. The van der Waals surface area contributed by atoms with Gasteiger partial charge in [0.15, 0.2) is 5.76 Å². The van der Waals surface area contributed by atoms with Crippen molar-refractivity contribution in [3.63, 3.8) is 0 Å². The molecule has 1 fully saturated rings. The molecule has 1 saturated heterocycles. The second-order valence-corrected chi connectivity index (χ2v) is 4.90. The number of rotatable bonds is 2. The number of likely N-dealkylation sites (tertiary alicyclic amines) is 1. The first-order chi connectivity index (χ1) is 9.74. The molecule has 1 aromatic carbocycles. The van der Waals surface area contributed by atoms with E-state index in [1.54, 1.807) is 17.0 Å². The van der Waals surface area contributed by atoms with E-state index in [-0.39, 0.29) is 12.1 Å². The van der Waals surface area contributed by atoms with Gasteiger partial charge in [0.25, 0.3) is 0 Å². The van der Waals surface area contributed by atoms with E-state index in [1.165, 1.54) is 0 Å². The largest absolute Gasteiger partial charge is 0.415 e. The van der Waals surface area contributed by atoms with E-state index in [2.05, 4.69) is 5.16 Å². The quantitative estimate of drug-likeness (QED) is 0.841. The van der Waals surface area contributed by atoms with Gasteiger partial charge in [-0.15, -0.1) is 0 Å². The molecule has 0 radical (unpaired) electrons. The summed E-state index contributed by atoms with van der Waals surface area (Å²) in [6, 6.07) is 10.9. The molecule has 1 aliphatic rings. The summed E-state index contributed by atoms with van der Waals surface area (Å²) in [6.07, 6.45) is 1.47. The summed E-state index contributed by atoms with van der Waals surface area (Å²) in [5, 5.41) is 3.89. The molecule has 104 valence electrons. The van der Waals surface area contributed by atoms with Crippen LogP contribution in [-0.2, 0) is 0 Å². The van der Waals surface area contributed by atoms with E-state index < -0.39 is 0 Å². The van der Waals surface area contributed by atoms with Crippen LogP contribution in [-0.4, -0.2) is 22.7 Å². The third kappa shape index (κ3) is 2.52. The molecular formula is C15H16N2O3. The molecule has 2 heterocycles. The molecule has 2 aromatic rings. The zero-order chi connectivity index (χ0) is 13.9. The summed E-state index contributed by atoms with van der Waals surface area (Å²) in [7, 11) is 0. The Morgan fingerprint density at radius 2 is 2.20 bits per heavy atom. The van der Waals surface area contributed by atoms with Crippen LogP contribution in [0.3, 0.4) is 0 Å². The number of para-hydroxylation sites is 1. The third-order valence-corrected chi connectivity index (χ3v) is 3.41. The number of benzene rings is 1. The highest BCUT2D eigenvalue weighted by Crippen LogP contribution is 2.32. The summed E-state index contributed by atoms with van der Waals surface area (Å²) in [5.74, 6) is 1.28. The molecule has 0 N–H and O–H groups in total. The van der Waals surface area contributed by atoms with Crippen molar-refractivity contribution in [2.24, 2.45) is 0 Å². The highest BCUT2D eigenvalue weighted by molar-refractivity contribution is 5.71. The summed E-state index contributed by atoms with van der Waals surface area (Å²) in [5.41, 5.74) is 0.822. The van der Waals surface area contributed by atoms with Crippen molar-refractivity contribution in [1.82, 2.24) is 10.1 Å². The second-order valence-electron chi connectivity index (χ2n) is 4.90. The van der Waals surface area contributed by atoms with Gasteiger partial charge in [-0.05, 0) is 31.9 Å². The van der Waals surface area contributed by atoms with Gasteiger partial charge < -0.3 is 9.26 Å². The van der Waals surface area contributed by atoms with Crippen molar-refractivity contribution in [2.75, 3.05) is 6.54 Å². The molecule has 1 aliphatic heterocycles. The first-order valence-corrected chi connectivity index (χ1v) is 6.71. The molecule has 1 unspecified atom stereocenters. The molecule has 1 atom stereocenters. The number of ether oxygens (including phenoxy) is 1. The van der Waals surface area contributed by atoms with Gasteiger partial charge in [0, 0.05) is 12.6 Å². The Morgan fingerprint density at radius 1 is 1.40 bits per heavy atom. The molecular weight excluding hydrogens is 256 g/mol. The fourth-order valence-corrected chi connectivity index (χ4v) is 2.47. The van der Waals surface area contributed by atoms with Crippen molar-refractivity contribution >= 4 is 6.09 Å². The number of aryl methyl sites for hydroxylation is 1. The van der Waals surface area contributed by atoms with Gasteiger partial charge in [-0.3, -0.25) is 4.90 Å².